The zero-order chi connectivity index (χ0) is 15.0. The highest BCUT2D eigenvalue weighted by molar-refractivity contribution is 7.90. The Labute approximate surface area is 121 Å². The van der Waals surface area contributed by atoms with Gasteiger partial charge < -0.3 is 5.32 Å². The van der Waals surface area contributed by atoms with Gasteiger partial charge in [-0.2, -0.15) is 5.10 Å². The van der Waals surface area contributed by atoms with Crippen molar-refractivity contribution in [3.05, 3.63) is 17.5 Å². The van der Waals surface area contributed by atoms with Crippen LogP contribution >= 0.6 is 0 Å². The smallest absolute Gasteiger partial charge is 0.149 e. The third-order valence-electron chi connectivity index (χ3n) is 3.41. The molecule has 0 aliphatic heterocycles. The molecule has 0 bridgehead atoms. The number of aryl methyl sites for hydroxylation is 1. The molecule has 5 nitrogen and oxygen atoms in total. The number of hydrogen-bond acceptors (Lipinski definition) is 4. The SMILES string of the molecule is CC(C)(C)NCc1cnn(CCS(C)(=O)=O)c1C1CC1. The molecule has 1 N–H and O–H groups in total. The first-order chi connectivity index (χ1) is 9.16. The van der Waals surface area contributed by atoms with E-state index < -0.39 is 9.84 Å². The minimum absolute atomic E-state index is 0.0652. The van der Waals surface area contributed by atoms with Crippen LogP contribution in [0, 0.1) is 0 Å². The largest absolute Gasteiger partial charge is 0.308 e. The average molecular weight is 299 g/mol. The first-order valence-electron chi connectivity index (χ1n) is 7.13. The van der Waals surface area contributed by atoms with Crippen molar-refractivity contribution in [2.45, 2.75) is 58.2 Å². The molecule has 2 rings (SSSR count). The molecule has 0 aromatic carbocycles. The van der Waals surface area contributed by atoms with Crippen molar-refractivity contribution in [2.24, 2.45) is 0 Å². The van der Waals surface area contributed by atoms with Gasteiger partial charge in [0.05, 0.1) is 18.5 Å². The van der Waals surface area contributed by atoms with E-state index in [-0.39, 0.29) is 11.3 Å². The molecule has 114 valence electrons. The van der Waals surface area contributed by atoms with Crippen LogP contribution in [0.15, 0.2) is 6.20 Å². The molecule has 0 radical (unpaired) electrons. The molecule has 1 aromatic heterocycles. The van der Waals surface area contributed by atoms with Gasteiger partial charge in [0.25, 0.3) is 0 Å². The Balaban J connectivity index is 2.11. The number of sulfone groups is 1. The quantitative estimate of drug-likeness (QED) is 0.868. The Kier molecular flexibility index (Phi) is 4.25. The lowest BCUT2D eigenvalue weighted by atomic mass is 10.1. The van der Waals surface area contributed by atoms with Crippen molar-refractivity contribution >= 4 is 9.84 Å². The second-order valence-corrected chi connectivity index (χ2v) is 9.05. The minimum atomic E-state index is -2.95. The van der Waals surface area contributed by atoms with Crippen molar-refractivity contribution in [3.63, 3.8) is 0 Å². The highest BCUT2D eigenvalue weighted by atomic mass is 32.2. The molecule has 1 saturated carbocycles. The fourth-order valence-electron chi connectivity index (χ4n) is 2.19. The summed E-state index contributed by atoms with van der Waals surface area (Å²) in [6.07, 6.45) is 5.53. The molecule has 0 saturated heterocycles. The number of nitrogens with one attached hydrogen (secondary N) is 1. The van der Waals surface area contributed by atoms with Gasteiger partial charge in [0, 0.05) is 35.5 Å². The van der Waals surface area contributed by atoms with Crippen LogP contribution in [0.5, 0.6) is 0 Å². The van der Waals surface area contributed by atoms with Crippen LogP contribution in [0.4, 0.5) is 0 Å². The average Bonchev–Trinajstić information content (AvgIpc) is 3.03. The molecule has 0 atom stereocenters. The molecule has 1 heterocycles. The summed E-state index contributed by atoms with van der Waals surface area (Å²) in [6, 6.07) is 0. The van der Waals surface area contributed by atoms with Crippen molar-refractivity contribution < 1.29 is 8.42 Å². The second kappa shape index (κ2) is 5.48. The molecule has 1 aliphatic rings. The maximum absolute atomic E-state index is 11.3. The van der Waals surface area contributed by atoms with Gasteiger partial charge in [0.1, 0.15) is 9.84 Å². The van der Waals surface area contributed by atoms with Crippen LogP contribution in [-0.4, -0.2) is 35.7 Å². The van der Waals surface area contributed by atoms with Gasteiger partial charge in [0.15, 0.2) is 0 Å². The van der Waals surface area contributed by atoms with E-state index in [1.807, 2.05) is 10.9 Å². The molecular formula is C14H25N3O2S. The van der Waals surface area contributed by atoms with Crippen molar-refractivity contribution in [1.82, 2.24) is 15.1 Å². The summed E-state index contributed by atoms with van der Waals surface area (Å²) in [4.78, 5) is 0. The highest BCUT2D eigenvalue weighted by Crippen LogP contribution is 2.41. The Bertz CT molecular complexity index is 566. The van der Waals surface area contributed by atoms with E-state index in [4.69, 9.17) is 0 Å². The van der Waals surface area contributed by atoms with E-state index in [2.05, 4.69) is 31.2 Å². The van der Waals surface area contributed by atoms with Crippen LogP contribution in [0.3, 0.4) is 0 Å². The lowest BCUT2D eigenvalue weighted by Crippen LogP contribution is -2.35. The molecular weight excluding hydrogens is 274 g/mol. The molecule has 6 heteroatoms. The summed E-state index contributed by atoms with van der Waals surface area (Å²) in [5.41, 5.74) is 2.50. The molecule has 1 aromatic rings. The van der Waals surface area contributed by atoms with E-state index >= 15 is 0 Å². The molecule has 0 unspecified atom stereocenters. The van der Waals surface area contributed by atoms with Crippen LogP contribution in [0.1, 0.15) is 50.8 Å². The second-order valence-electron chi connectivity index (χ2n) is 6.79. The number of nitrogens with zero attached hydrogens (tertiary/aromatic N) is 2. The van der Waals surface area contributed by atoms with Gasteiger partial charge in [-0.1, -0.05) is 0 Å². The Morgan fingerprint density at radius 2 is 2.05 bits per heavy atom. The Hall–Kier alpha value is -0.880. The number of hydrogen-bond donors (Lipinski definition) is 1. The maximum atomic E-state index is 11.3. The highest BCUT2D eigenvalue weighted by Gasteiger charge is 2.30. The lowest BCUT2D eigenvalue weighted by molar-refractivity contribution is 0.423. The van der Waals surface area contributed by atoms with Gasteiger partial charge in [-0.15, -0.1) is 0 Å². The van der Waals surface area contributed by atoms with E-state index in [0.717, 1.165) is 6.54 Å². The van der Waals surface area contributed by atoms with Crippen molar-refractivity contribution in [2.75, 3.05) is 12.0 Å². The normalized spacial score (nSPS) is 16.6. The number of rotatable bonds is 6. The first-order valence-corrected chi connectivity index (χ1v) is 9.19. The zero-order valence-corrected chi connectivity index (χ0v) is 13.6. The monoisotopic (exact) mass is 299 g/mol. The van der Waals surface area contributed by atoms with Crippen LogP contribution in [0.2, 0.25) is 0 Å². The third-order valence-corrected chi connectivity index (χ3v) is 4.33. The Morgan fingerprint density at radius 1 is 1.40 bits per heavy atom. The fourth-order valence-corrected chi connectivity index (χ4v) is 2.69. The van der Waals surface area contributed by atoms with Crippen molar-refractivity contribution in [1.29, 1.82) is 0 Å². The van der Waals surface area contributed by atoms with E-state index in [1.54, 1.807) is 0 Å². The Morgan fingerprint density at radius 3 is 2.55 bits per heavy atom. The third kappa shape index (κ3) is 4.59. The van der Waals surface area contributed by atoms with Gasteiger partial charge in [-0.05, 0) is 33.6 Å². The summed E-state index contributed by atoms with van der Waals surface area (Å²) >= 11 is 0. The summed E-state index contributed by atoms with van der Waals surface area (Å²) < 4.78 is 24.5. The summed E-state index contributed by atoms with van der Waals surface area (Å²) in [5.74, 6) is 0.717. The zero-order valence-electron chi connectivity index (χ0n) is 12.8. The number of aromatic nitrogens is 2. The van der Waals surface area contributed by atoms with Crippen LogP contribution in [-0.2, 0) is 22.9 Å². The summed E-state index contributed by atoms with van der Waals surface area (Å²) in [6.45, 7) is 7.65. The van der Waals surface area contributed by atoms with Crippen molar-refractivity contribution in [3.8, 4) is 0 Å². The lowest BCUT2D eigenvalue weighted by Gasteiger charge is -2.20. The van der Waals surface area contributed by atoms with E-state index in [1.165, 1.54) is 30.4 Å². The summed E-state index contributed by atoms with van der Waals surface area (Å²) in [7, 11) is -2.95. The predicted octanol–water partition coefficient (Wildman–Crippen LogP) is 1.69. The van der Waals surface area contributed by atoms with E-state index in [0.29, 0.717) is 12.5 Å². The standard InChI is InChI=1S/C14H25N3O2S/c1-14(2,3)15-9-12-10-16-17(7-8-20(4,18)19)13(12)11-5-6-11/h10-11,15H,5-9H2,1-4H3. The minimum Gasteiger partial charge on any atom is -0.308 e. The van der Waals surface area contributed by atoms with Gasteiger partial charge in [-0.3, -0.25) is 4.68 Å². The maximum Gasteiger partial charge on any atom is 0.149 e. The summed E-state index contributed by atoms with van der Waals surface area (Å²) in [5, 5.41) is 7.87. The van der Waals surface area contributed by atoms with Crippen LogP contribution < -0.4 is 5.32 Å². The first kappa shape index (κ1) is 15.5. The molecule has 0 amide bonds. The molecule has 20 heavy (non-hydrogen) atoms. The van der Waals surface area contributed by atoms with Crippen LogP contribution in [0.25, 0.3) is 0 Å². The topological polar surface area (TPSA) is 64.0 Å². The van der Waals surface area contributed by atoms with E-state index in [9.17, 15) is 8.42 Å². The molecule has 0 spiro atoms. The predicted molar refractivity (Wildman–Crippen MR) is 80.5 cm³/mol. The molecule has 1 aliphatic carbocycles. The van der Waals surface area contributed by atoms with Gasteiger partial charge in [0.2, 0.25) is 0 Å². The van der Waals surface area contributed by atoms with Gasteiger partial charge >= 0.3 is 0 Å². The fraction of sp³-hybridized carbons (Fsp3) is 0.786. The van der Waals surface area contributed by atoms with Gasteiger partial charge in [-0.25, -0.2) is 8.42 Å². The molecule has 1 fully saturated rings.